The van der Waals surface area contributed by atoms with Gasteiger partial charge in [0.2, 0.25) is 10.0 Å². The number of alkyl halides is 5. The topological polar surface area (TPSA) is 96.4 Å². The summed E-state index contributed by atoms with van der Waals surface area (Å²) < 4.78 is 110. The van der Waals surface area contributed by atoms with Crippen molar-refractivity contribution in [3.8, 4) is 10.4 Å². The SMILES string of the molecule is CC[C@H](NS(=O)(=O)c1ccc(-c2sc(CC(C)(C)C(=O)O)nc2CC2CCC2)c(C(F)F)c1F)C(F)(F)F. The summed E-state index contributed by atoms with van der Waals surface area (Å²) in [7, 11) is -5.15. The van der Waals surface area contributed by atoms with Gasteiger partial charge in [-0.05, 0) is 38.7 Å². The Bertz CT molecular complexity index is 1290. The second-order valence-electron chi connectivity index (χ2n) is 10.0. The Morgan fingerprint density at radius 3 is 2.34 bits per heavy atom. The lowest BCUT2D eigenvalue weighted by molar-refractivity contribution is -0.151. The van der Waals surface area contributed by atoms with Crippen LogP contribution in [0.15, 0.2) is 17.0 Å². The number of carboxylic acid groups (broad SMARTS) is 1. The summed E-state index contributed by atoms with van der Waals surface area (Å²) in [5, 5.41) is 9.80. The van der Waals surface area contributed by atoms with Crippen LogP contribution < -0.4 is 4.72 Å². The number of nitrogens with zero attached hydrogens (tertiary/aromatic N) is 1. The van der Waals surface area contributed by atoms with Gasteiger partial charge < -0.3 is 5.11 Å². The Hall–Kier alpha value is -2.19. The van der Waals surface area contributed by atoms with Crippen molar-refractivity contribution in [3.05, 3.63) is 34.2 Å². The lowest BCUT2D eigenvalue weighted by atomic mass is 9.81. The van der Waals surface area contributed by atoms with E-state index in [2.05, 4.69) is 4.98 Å². The fourth-order valence-electron chi connectivity index (χ4n) is 4.07. The van der Waals surface area contributed by atoms with E-state index in [4.69, 9.17) is 0 Å². The molecule has 6 nitrogen and oxygen atoms in total. The van der Waals surface area contributed by atoms with Gasteiger partial charge in [0.05, 0.1) is 26.6 Å². The first-order chi connectivity index (χ1) is 17.5. The molecule has 2 N–H and O–H groups in total. The van der Waals surface area contributed by atoms with Crippen molar-refractivity contribution >= 4 is 27.3 Å². The van der Waals surface area contributed by atoms with Gasteiger partial charge in [-0.1, -0.05) is 32.3 Å². The lowest BCUT2D eigenvalue weighted by Gasteiger charge is -2.25. The van der Waals surface area contributed by atoms with Gasteiger partial charge in [-0.2, -0.15) is 17.9 Å². The van der Waals surface area contributed by atoms with Gasteiger partial charge in [0.25, 0.3) is 6.43 Å². The molecule has 1 aliphatic rings. The Labute approximate surface area is 220 Å². The first kappa shape index (κ1) is 30.4. The summed E-state index contributed by atoms with van der Waals surface area (Å²) in [6, 6.07) is -0.926. The largest absolute Gasteiger partial charge is 0.481 e. The molecule has 1 fully saturated rings. The predicted molar refractivity (Wildman–Crippen MR) is 129 cm³/mol. The molecule has 0 saturated heterocycles. The Morgan fingerprint density at radius 1 is 1.24 bits per heavy atom. The maximum atomic E-state index is 15.4. The first-order valence-corrected chi connectivity index (χ1v) is 14.2. The van der Waals surface area contributed by atoms with E-state index in [1.165, 1.54) is 18.6 Å². The molecule has 0 amide bonds. The van der Waals surface area contributed by atoms with Gasteiger partial charge >= 0.3 is 12.1 Å². The average molecular weight is 587 g/mol. The van der Waals surface area contributed by atoms with Crippen molar-refractivity contribution in [2.75, 3.05) is 0 Å². The second kappa shape index (κ2) is 11.1. The third kappa shape index (κ3) is 6.50. The standard InChI is InChI=1S/C24H28F6N2O4S2/c1-4-16(24(28,29)30)32-38(35,36)15-9-8-13(18(19(15)25)21(26)27)20-14(10-12-6-5-7-12)31-17(37-20)11-23(2,3)22(33)34/h8-9,12,16,21,32H,4-7,10-11H2,1-3H3,(H,33,34)/t16-/m0/s1. The van der Waals surface area contributed by atoms with Crippen LogP contribution >= 0.6 is 11.3 Å². The molecule has 212 valence electrons. The van der Waals surface area contributed by atoms with Crippen LogP contribution in [0.4, 0.5) is 26.3 Å². The number of carbonyl (C=O) groups is 1. The molecule has 0 unspecified atom stereocenters. The molecule has 0 spiro atoms. The van der Waals surface area contributed by atoms with Crippen LogP contribution in [0, 0.1) is 17.2 Å². The molecule has 0 aliphatic heterocycles. The first-order valence-electron chi connectivity index (χ1n) is 11.9. The highest BCUT2D eigenvalue weighted by atomic mass is 32.2. The smallest absolute Gasteiger partial charge is 0.404 e. The summed E-state index contributed by atoms with van der Waals surface area (Å²) in [5.41, 5.74) is -2.45. The van der Waals surface area contributed by atoms with Crippen LogP contribution in [0.5, 0.6) is 0 Å². The summed E-state index contributed by atoms with van der Waals surface area (Å²) in [5.74, 6) is -2.73. The number of carboxylic acids is 1. The number of hydrogen-bond acceptors (Lipinski definition) is 5. The summed E-state index contributed by atoms with van der Waals surface area (Å²) >= 11 is 0.916. The van der Waals surface area contributed by atoms with Crippen LogP contribution in [0.1, 0.15) is 69.1 Å². The molecule has 2 aromatic rings. The molecule has 14 heteroatoms. The number of nitrogens with one attached hydrogen (secondary N) is 1. The minimum absolute atomic E-state index is 0.0244. The third-order valence-corrected chi connectivity index (χ3v) is 9.24. The minimum atomic E-state index is -5.15. The van der Waals surface area contributed by atoms with Crippen LogP contribution in [0.2, 0.25) is 0 Å². The van der Waals surface area contributed by atoms with Gasteiger partial charge in [0.15, 0.2) is 5.82 Å². The maximum Gasteiger partial charge on any atom is 0.404 e. The molecule has 0 bridgehead atoms. The van der Waals surface area contributed by atoms with Crippen LogP contribution in [0.25, 0.3) is 10.4 Å². The molecule has 1 aliphatic carbocycles. The van der Waals surface area contributed by atoms with Crippen molar-refractivity contribution in [1.82, 2.24) is 9.71 Å². The molecule has 1 atom stereocenters. The van der Waals surface area contributed by atoms with E-state index in [0.717, 1.165) is 43.6 Å². The van der Waals surface area contributed by atoms with E-state index in [9.17, 15) is 40.3 Å². The van der Waals surface area contributed by atoms with Crippen molar-refractivity contribution < 1.29 is 44.7 Å². The third-order valence-electron chi connectivity index (χ3n) is 6.62. The number of halogens is 6. The summed E-state index contributed by atoms with van der Waals surface area (Å²) in [4.78, 5) is 14.9. The number of benzene rings is 1. The molecule has 1 heterocycles. The zero-order chi connectivity index (χ0) is 28.6. The monoisotopic (exact) mass is 586 g/mol. The molecular weight excluding hydrogens is 558 g/mol. The van der Waals surface area contributed by atoms with Crippen molar-refractivity contribution in [1.29, 1.82) is 0 Å². The molecule has 1 aromatic carbocycles. The molecule has 1 saturated carbocycles. The Balaban J connectivity index is 2.12. The fourth-order valence-corrected chi connectivity index (χ4v) is 6.83. The van der Waals surface area contributed by atoms with E-state index in [1.807, 2.05) is 0 Å². The van der Waals surface area contributed by atoms with Crippen LogP contribution in [0.3, 0.4) is 0 Å². The fraction of sp³-hybridized carbons (Fsp3) is 0.583. The van der Waals surface area contributed by atoms with E-state index in [0.29, 0.717) is 23.2 Å². The second-order valence-corrected chi connectivity index (χ2v) is 12.8. The van der Waals surface area contributed by atoms with Crippen LogP contribution in [-0.2, 0) is 27.7 Å². The zero-order valence-electron chi connectivity index (χ0n) is 20.8. The number of hydrogen-bond donors (Lipinski definition) is 2. The molecule has 1 aromatic heterocycles. The zero-order valence-corrected chi connectivity index (χ0v) is 22.5. The Kier molecular flexibility index (Phi) is 8.89. The van der Waals surface area contributed by atoms with Gasteiger partial charge in [-0.15, -0.1) is 11.3 Å². The number of thiazole rings is 1. The maximum absolute atomic E-state index is 15.4. The number of aromatic nitrogens is 1. The van der Waals surface area contributed by atoms with E-state index < -0.39 is 62.7 Å². The van der Waals surface area contributed by atoms with Crippen LogP contribution in [-0.4, -0.2) is 36.7 Å². The van der Waals surface area contributed by atoms with Crippen molar-refractivity contribution in [2.24, 2.45) is 11.3 Å². The number of rotatable bonds is 11. The van der Waals surface area contributed by atoms with Crippen molar-refractivity contribution in [3.63, 3.8) is 0 Å². The quantitative estimate of drug-likeness (QED) is 0.293. The van der Waals surface area contributed by atoms with Gasteiger partial charge in [-0.3, -0.25) is 4.79 Å². The average Bonchev–Trinajstić information content (AvgIpc) is 3.14. The summed E-state index contributed by atoms with van der Waals surface area (Å²) in [6.07, 6.45) is -6.06. The normalized spacial score (nSPS) is 16.1. The molecule has 0 radical (unpaired) electrons. The molecule has 38 heavy (non-hydrogen) atoms. The summed E-state index contributed by atoms with van der Waals surface area (Å²) in [6.45, 7) is 4.02. The van der Waals surface area contributed by atoms with E-state index in [1.54, 1.807) is 0 Å². The molecule has 3 rings (SSSR count). The van der Waals surface area contributed by atoms with Crippen molar-refractivity contribution in [2.45, 2.75) is 82.8 Å². The van der Waals surface area contributed by atoms with Gasteiger partial charge in [0.1, 0.15) is 10.9 Å². The van der Waals surface area contributed by atoms with Gasteiger partial charge in [-0.25, -0.2) is 26.6 Å². The highest BCUT2D eigenvalue weighted by Crippen LogP contribution is 2.43. The highest BCUT2D eigenvalue weighted by molar-refractivity contribution is 7.89. The Morgan fingerprint density at radius 2 is 1.87 bits per heavy atom. The van der Waals surface area contributed by atoms with Gasteiger partial charge in [0, 0.05) is 12.0 Å². The number of aliphatic carboxylic acids is 1. The van der Waals surface area contributed by atoms with E-state index >= 15 is 4.39 Å². The predicted octanol–water partition coefficient (Wildman–Crippen LogP) is 6.50. The minimum Gasteiger partial charge on any atom is -0.481 e. The highest BCUT2D eigenvalue weighted by Gasteiger charge is 2.42. The van der Waals surface area contributed by atoms with E-state index in [-0.39, 0.29) is 22.8 Å². The lowest BCUT2D eigenvalue weighted by Crippen LogP contribution is -2.45. The number of sulfonamides is 1. The molecular formula is C24H28F6N2O4S2.